The number of H-pyrrole nitrogens is 1. The molecule has 0 spiro atoms. The van der Waals surface area contributed by atoms with Crippen LogP contribution in [0.15, 0.2) is 57.3 Å². The molecule has 3 rings (SSSR count). The van der Waals surface area contributed by atoms with E-state index in [0.29, 0.717) is 26.4 Å². The molecule has 0 fully saturated rings. The summed E-state index contributed by atoms with van der Waals surface area (Å²) in [5.41, 5.74) is 0.595. The van der Waals surface area contributed by atoms with Gasteiger partial charge in [0.2, 0.25) is 0 Å². The number of nitro groups is 1. The molecule has 0 unspecified atom stereocenters. The number of nitriles is 1. The van der Waals surface area contributed by atoms with Gasteiger partial charge < -0.3 is 4.98 Å². The molecular formula is C19H13ClN4O3S2. The molecule has 1 N–H and O–H groups in total. The van der Waals surface area contributed by atoms with Crippen LogP contribution < -0.4 is 5.56 Å². The van der Waals surface area contributed by atoms with Gasteiger partial charge in [0, 0.05) is 33.4 Å². The minimum Gasteiger partial charge on any atom is -0.300 e. The minimum atomic E-state index is -0.581. The minimum absolute atomic E-state index is 0.128. The topological polar surface area (TPSA) is 113 Å². The molecule has 0 amide bonds. The van der Waals surface area contributed by atoms with Crippen molar-refractivity contribution in [1.82, 2.24) is 9.97 Å². The van der Waals surface area contributed by atoms with E-state index in [-0.39, 0.29) is 16.9 Å². The second kappa shape index (κ2) is 9.13. The lowest BCUT2D eigenvalue weighted by Gasteiger charge is -2.11. The highest BCUT2D eigenvalue weighted by atomic mass is 35.5. The van der Waals surface area contributed by atoms with Crippen LogP contribution in [0.4, 0.5) is 5.69 Å². The van der Waals surface area contributed by atoms with Gasteiger partial charge in [-0.1, -0.05) is 35.5 Å². The van der Waals surface area contributed by atoms with Crippen molar-refractivity contribution < 1.29 is 4.92 Å². The summed E-state index contributed by atoms with van der Waals surface area (Å²) >= 11 is 8.55. The normalized spacial score (nSPS) is 10.5. The molecule has 146 valence electrons. The predicted octanol–water partition coefficient (Wildman–Crippen LogP) is 4.88. The zero-order chi connectivity index (χ0) is 21.0. The average Bonchev–Trinajstić information content (AvgIpc) is 2.72. The van der Waals surface area contributed by atoms with E-state index in [9.17, 15) is 20.2 Å². The Morgan fingerprint density at radius 2 is 2.00 bits per heavy atom. The lowest BCUT2D eigenvalue weighted by atomic mass is 10.1. The van der Waals surface area contributed by atoms with Crippen LogP contribution in [0.2, 0.25) is 5.02 Å². The Hall–Kier alpha value is -2.80. The van der Waals surface area contributed by atoms with Crippen molar-refractivity contribution in [2.75, 3.05) is 6.26 Å². The molecule has 29 heavy (non-hydrogen) atoms. The lowest BCUT2D eigenvalue weighted by molar-refractivity contribution is -0.384. The fourth-order valence-electron chi connectivity index (χ4n) is 2.53. The number of thioether (sulfide) groups is 2. The maximum atomic E-state index is 12.3. The third-order valence-electron chi connectivity index (χ3n) is 3.94. The molecule has 2 aromatic carbocycles. The van der Waals surface area contributed by atoms with Crippen LogP contribution in [-0.2, 0) is 5.75 Å². The largest absolute Gasteiger partial charge is 0.300 e. The molecule has 10 heteroatoms. The van der Waals surface area contributed by atoms with Crippen molar-refractivity contribution >= 4 is 40.8 Å². The molecule has 3 aromatic rings. The predicted molar refractivity (Wildman–Crippen MR) is 114 cm³/mol. The van der Waals surface area contributed by atoms with E-state index < -0.39 is 10.5 Å². The van der Waals surface area contributed by atoms with E-state index in [1.807, 2.05) is 18.2 Å². The second-order valence-corrected chi connectivity index (χ2v) is 8.01. The van der Waals surface area contributed by atoms with Gasteiger partial charge in [-0.05, 0) is 30.0 Å². The first-order chi connectivity index (χ1) is 13.9. The van der Waals surface area contributed by atoms with E-state index >= 15 is 0 Å². The SMILES string of the molecule is CSc1nc(-c2cc([N+](=O)[O-])ccc2SCc2ccc(Cl)cc2)c(C#N)c(=O)[nH]1. The van der Waals surface area contributed by atoms with Gasteiger partial charge in [0.1, 0.15) is 11.6 Å². The van der Waals surface area contributed by atoms with Crippen LogP contribution in [0.1, 0.15) is 11.1 Å². The summed E-state index contributed by atoms with van der Waals surface area (Å²) in [5, 5.41) is 21.7. The van der Waals surface area contributed by atoms with Crippen LogP contribution in [0.25, 0.3) is 11.3 Å². The number of non-ortho nitro benzene ring substituents is 1. The molecule has 0 aliphatic carbocycles. The zero-order valence-electron chi connectivity index (χ0n) is 15.0. The fraction of sp³-hybridized carbons (Fsp3) is 0.105. The van der Waals surface area contributed by atoms with Gasteiger partial charge >= 0.3 is 0 Å². The standard InChI is InChI=1S/C19H13ClN4O3S2/c1-28-19-22-17(15(9-21)18(25)23-19)14-8-13(24(26)27)6-7-16(14)29-10-11-2-4-12(20)5-3-11/h2-8H,10H2,1H3,(H,22,23,25). The van der Waals surface area contributed by atoms with Crippen molar-refractivity contribution in [3.05, 3.63) is 79.1 Å². The van der Waals surface area contributed by atoms with E-state index in [0.717, 1.165) is 5.56 Å². The number of halogens is 1. The highest BCUT2D eigenvalue weighted by Crippen LogP contribution is 2.36. The van der Waals surface area contributed by atoms with Crippen molar-refractivity contribution in [2.45, 2.75) is 15.8 Å². The molecule has 0 aliphatic heterocycles. The first-order valence-corrected chi connectivity index (χ1v) is 10.8. The Labute approximate surface area is 179 Å². The summed E-state index contributed by atoms with van der Waals surface area (Å²) in [4.78, 5) is 30.6. The Morgan fingerprint density at radius 3 is 2.62 bits per heavy atom. The number of nitro benzene ring substituents is 1. The van der Waals surface area contributed by atoms with Crippen LogP contribution in [0, 0.1) is 21.4 Å². The molecule has 1 heterocycles. The number of hydrogen-bond acceptors (Lipinski definition) is 7. The van der Waals surface area contributed by atoms with Crippen molar-refractivity contribution in [1.29, 1.82) is 5.26 Å². The van der Waals surface area contributed by atoms with E-state index in [4.69, 9.17) is 11.6 Å². The molecule has 0 radical (unpaired) electrons. The van der Waals surface area contributed by atoms with Gasteiger partial charge in [-0.25, -0.2) is 4.98 Å². The van der Waals surface area contributed by atoms with E-state index in [1.165, 1.54) is 35.7 Å². The highest BCUT2D eigenvalue weighted by molar-refractivity contribution is 7.98. The molecule has 0 saturated carbocycles. The molecule has 1 aromatic heterocycles. The van der Waals surface area contributed by atoms with Gasteiger partial charge in [0.25, 0.3) is 11.2 Å². The Kier molecular flexibility index (Phi) is 6.59. The number of benzene rings is 2. The Balaban J connectivity index is 2.11. The van der Waals surface area contributed by atoms with Crippen molar-refractivity contribution in [3.63, 3.8) is 0 Å². The van der Waals surface area contributed by atoms with E-state index in [2.05, 4.69) is 9.97 Å². The number of aromatic nitrogens is 2. The number of nitrogens with zero attached hydrogens (tertiary/aromatic N) is 3. The Morgan fingerprint density at radius 1 is 1.28 bits per heavy atom. The lowest BCUT2D eigenvalue weighted by Crippen LogP contribution is -2.14. The smallest absolute Gasteiger partial charge is 0.270 e. The van der Waals surface area contributed by atoms with Crippen LogP contribution in [-0.4, -0.2) is 21.1 Å². The van der Waals surface area contributed by atoms with Crippen LogP contribution >= 0.6 is 35.1 Å². The number of nitrogens with one attached hydrogen (secondary N) is 1. The summed E-state index contributed by atoms with van der Waals surface area (Å²) < 4.78 is 0. The number of hydrogen-bond donors (Lipinski definition) is 1. The third kappa shape index (κ3) is 4.79. The summed E-state index contributed by atoms with van der Waals surface area (Å²) in [6.45, 7) is 0. The molecule has 0 bridgehead atoms. The molecule has 0 atom stereocenters. The zero-order valence-corrected chi connectivity index (χ0v) is 17.4. The number of rotatable bonds is 6. The maximum absolute atomic E-state index is 12.3. The van der Waals surface area contributed by atoms with Gasteiger partial charge in [0.15, 0.2) is 5.16 Å². The highest BCUT2D eigenvalue weighted by Gasteiger charge is 2.20. The first-order valence-electron chi connectivity index (χ1n) is 8.17. The molecule has 7 nitrogen and oxygen atoms in total. The van der Waals surface area contributed by atoms with Crippen molar-refractivity contribution in [3.8, 4) is 17.3 Å². The quantitative estimate of drug-likeness (QED) is 0.249. The maximum Gasteiger partial charge on any atom is 0.270 e. The van der Waals surface area contributed by atoms with Gasteiger partial charge in [-0.2, -0.15) is 5.26 Å². The molecule has 0 aliphatic rings. The molecule has 0 saturated heterocycles. The summed E-state index contributed by atoms with van der Waals surface area (Å²) in [6.07, 6.45) is 1.73. The van der Waals surface area contributed by atoms with Gasteiger partial charge in [-0.15, -0.1) is 11.8 Å². The van der Waals surface area contributed by atoms with Crippen LogP contribution in [0.5, 0.6) is 0 Å². The monoisotopic (exact) mass is 444 g/mol. The first kappa shape index (κ1) is 20.9. The summed E-state index contributed by atoms with van der Waals surface area (Å²) in [7, 11) is 0. The second-order valence-electron chi connectivity index (χ2n) is 5.76. The third-order valence-corrected chi connectivity index (χ3v) is 5.92. The van der Waals surface area contributed by atoms with Gasteiger partial charge in [0.05, 0.1) is 10.6 Å². The van der Waals surface area contributed by atoms with Crippen molar-refractivity contribution in [2.24, 2.45) is 0 Å². The van der Waals surface area contributed by atoms with Gasteiger partial charge in [-0.3, -0.25) is 14.9 Å². The van der Waals surface area contributed by atoms with Crippen LogP contribution in [0.3, 0.4) is 0 Å². The summed E-state index contributed by atoms with van der Waals surface area (Å²) in [5.74, 6) is 0.572. The fourth-order valence-corrected chi connectivity index (χ4v) is 4.03. The Bertz CT molecular complexity index is 1170. The average molecular weight is 445 g/mol. The van der Waals surface area contributed by atoms with E-state index in [1.54, 1.807) is 24.5 Å². The molecular weight excluding hydrogens is 432 g/mol. The summed E-state index contributed by atoms with van der Waals surface area (Å²) in [6, 6.07) is 13.5. The number of aromatic amines is 1.